The van der Waals surface area contributed by atoms with Gasteiger partial charge in [0.1, 0.15) is 0 Å². The average Bonchev–Trinajstić information content (AvgIpc) is 2.11. The summed E-state index contributed by atoms with van der Waals surface area (Å²) >= 11 is 3.65. The molecule has 1 nitrogen and oxygen atoms in total. The second kappa shape index (κ2) is 2.23. The molecule has 0 unspecified atom stereocenters. The Morgan fingerprint density at radius 3 is 2.20 bits per heavy atom. The van der Waals surface area contributed by atoms with Crippen LogP contribution in [0.1, 0.15) is 5.56 Å². The van der Waals surface area contributed by atoms with E-state index < -0.39 is 11.7 Å². The number of nitrogens with zero attached hydrogens (tertiary/aromatic N) is 1. The van der Waals surface area contributed by atoms with E-state index in [0.717, 1.165) is 16.2 Å². The molecule has 1 aromatic heterocycles. The van der Waals surface area contributed by atoms with Crippen LogP contribution >= 0.6 is 12.8 Å². The smallest absolute Gasteiger partial charge is 0.301 e. The highest BCUT2D eigenvalue weighted by molar-refractivity contribution is 7.78. The van der Waals surface area contributed by atoms with E-state index in [1.165, 1.54) is 6.20 Å². The molecule has 0 aliphatic rings. The predicted octanol–water partition coefficient (Wildman–Crippen LogP) is 2.20. The van der Waals surface area contributed by atoms with E-state index in [-0.39, 0.29) is 0 Å². The lowest BCUT2D eigenvalue weighted by molar-refractivity contribution is -0.137. The second-order valence-electron chi connectivity index (χ2n) is 1.78. The molecule has 0 saturated carbocycles. The van der Waals surface area contributed by atoms with Gasteiger partial charge in [-0.2, -0.15) is 13.2 Å². The van der Waals surface area contributed by atoms with Crippen LogP contribution in [0, 0.1) is 0 Å². The van der Waals surface area contributed by atoms with Crippen LogP contribution in [0.3, 0.4) is 0 Å². The lowest BCUT2D eigenvalue weighted by Crippen LogP contribution is -2.02. The minimum Gasteiger partial charge on any atom is -0.301 e. The van der Waals surface area contributed by atoms with E-state index in [4.69, 9.17) is 0 Å². The van der Waals surface area contributed by atoms with Gasteiger partial charge >= 0.3 is 6.18 Å². The van der Waals surface area contributed by atoms with E-state index in [0.29, 0.717) is 0 Å². The first kappa shape index (κ1) is 7.53. The topological polar surface area (TPSA) is 4.93 Å². The van der Waals surface area contributed by atoms with Crippen molar-refractivity contribution < 1.29 is 13.2 Å². The van der Waals surface area contributed by atoms with Crippen LogP contribution in [0.25, 0.3) is 0 Å². The molecule has 10 heavy (non-hydrogen) atoms. The number of thiol groups is 1. The summed E-state index contributed by atoms with van der Waals surface area (Å²) in [5, 5.41) is 0. The monoisotopic (exact) mass is 167 g/mol. The van der Waals surface area contributed by atoms with Crippen LogP contribution in [0.4, 0.5) is 13.2 Å². The molecule has 1 aromatic rings. The summed E-state index contributed by atoms with van der Waals surface area (Å²) in [5.74, 6) is 0. The van der Waals surface area contributed by atoms with Crippen molar-refractivity contribution in [3.63, 3.8) is 0 Å². The summed E-state index contributed by atoms with van der Waals surface area (Å²) in [5.41, 5.74) is -0.678. The Hall–Kier alpha value is -0.580. The number of hydrogen-bond donors (Lipinski definition) is 1. The summed E-state index contributed by atoms with van der Waals surface area (Å²) in [6.07, 6.45) is -2.12. The largest absolute Gasteiger partial charge is 0.417 e. The Balaban J connectivity index is 2.96. The Kier molecular flexibility index (Phi) is 1.68. The fraction of sp³-hybridized carbons (Fsp3) is 0.200. The van der Waals surface area contributed by atoms with Crippen molar-refractivity contribution in [3.8, 4) is 0 Å². The SMILES string of the molecule is FC(F)(F)c1ccn(S)c1. The highest BCUT2D eigenvalue weighted by Gasteiger charge is 2.30. The summed E-state index contributed by atoms with van der Waals surface area (Å²) in [6, 6.07) is 0.965. The van der Waals surface area contributed by atoms with Gasteiger partial charge in [0, 0.05) is 12.4 Å². The Bertz CT molecular complexity index is 227. The first-order chi connectivity index (χ1) is 4.50. The zero-order valence-corrected chi connectivity index (χ0v) is 5.65. The van der Waals surface area contributed by atoms with Gasteiger partial charge in [-0.05, 0) is 6.07 Å². The van der Waals surface area contributed by atoms with E-state index in [1.54, 1.807) is 0 Å². The lowest BCUT2D eigenvalue weighted by atomic mass is 10.3. The van der Waals surface area contributed by atoms with E-state index in [2.05, 4.69) is 12.8 Å². The molecule has 0 N–H and O–H groups in total. The van der Waals surface area contributed by atoms with Crippen molar-refractivity contribution in [2.45, 2.75) is 6.18 Å². The van der Waals surface area contributed by atoms with Crippen molar-refractivity contribution >= 4 is 12.8 Å². The highest BCUT2D eigenvalue weighted by atomic mass is 32.1. The Labute approximate surface area is 61.0 Å². The summed E-state index contributed by atoms with van der Waals surface area (Å²) in [7, 11) is 0. The maximum atomic E-state index is 11.8. The van der Waals surface area contributed by atoms with Gasteiger partial charge in [-0.1, -0.05) is 12.8 Å². The number of aromatic nitrogens is 1. The molecule has 0 aromatic carbocycles. The molecule has 0 saturated heterocycles. The van der Waals surface area contributed by atoms with Gasteiger partial charge in [-0.15, -0.1) is 0 Å². The zero-order chi connectivity index (χ0) is 7.78. The minimum atomic E-state index is -4.26. The van der Waals surface area contributed by atoms with Crippen LogP contribution in [-0.2, 0) is 6.18 Å². The van der Waals surface area contributed by atoms with Gasteiger partial charge in [0.15, 0.2) is 0 Å². The van der Waals surface area contributed by atoms with Crippen molar-refractivity contribution in [1.82, 2.24) is 3.97 Å². The Morgan fingerprint density at radius 1 is 1.40 bits per heavy atom. The standard InChI is InChI=1S/C5H4F3NS/c6-5(7,8)4-1-2-9(10)3-4/h1-3,10H. The van der Waals surface area contributed by atoms with Crippen molar-refractivity contribution in [2.24, 2.45) is 0 Å². The molecule has 0 aliphatic carbocycles. The highest BCUT2D eigenvalue weighted by Crippen LogP contribution is 2.29. The lowest BCUT2D eigenvalue weighted by Gasteiger charge is -2.00. The number of halogens is 3. The molecular weight excluding hydrogens is 163 g/mol. The van der Waals surface area contributed by atoms with Gasteiger partial charge < -0.3 is 3.97 Å². The number of hydrogen-bond acceptors (Lipinski definition) is 1. The third-order valence-electron chi connectivity index (χ3n) is 1.01. The molecule has 0 fully saturated rings. The van der Waals surface area contributed by atoms with Gasteiger partial charge in [0.2, 0.25) is 0 Å². The summed E-state index contributed by atoms with van der Waals surface area (Å²) < 4.78 is 36.3. The van der Waals surface area contributed by atoms with Crippen LogP contribution in [-0.4, -0.2) is 3.97 Å². The van der Waals surface area contributed by atoms with Crippen LogP contribution in [0.2, 0.25) is 0 Å². The average molecular weight is 167 g/mol. The van der Waals surface area contributed by atoms with Crippen molar-refractivity contribution in [3.05, 3.63) is 24.0 Å². The number of rotatable bonds is 0. The molecule has 1 heterocycles. The first-order valence-corrected chi connectivity index (χ1v) is 2.84. The maximum Gasteiger partial charge on any atom is 0.417 e. The maximum absolute atomic E-state index is 11.8. The predicted molar refractivity (Wildman–Crippen MR) is 33.8 cm³/mol. The van der Waals surface area contributed by atoms with Gasteiger partial charge in [-0.3, -0.25) is 0 Å². The van der Waals surface area contributed by atoms with Crippen molar-refractivity contribution in [1.29, 1.82) is 0 Å². The molecule has 5 heteroatoms. The quantitative estimate of drug-likeness (QED) is 0.565. The fourth-order valence-electron chi connectivity index (χ4n) is 0.553. The summed E-state index contributed by atoms with van der Waals surface area (Å²) in [4.78, 5) is 0. The first-order valence-electron chi connectivity index (χ1n) is 2.44. The molecule has 0 aliphatic heterocycles. The van der Waals surface area contributed by atoms with E-state index in [9.17, 15) is 13.2 Å². The van der Waals surface area contributed by atoms with E-state index in [1.807, 2.05) is 0 Å². The molecule has 56 valence electrons. The van der Waals surface area contributed by atoms with E-state index >= 15 is 0 Å². The molecule has 1 rings (SSSR count). The molecule has 0 radical (unpaired) electrons. The molecule has 0 bridgehead atoms. The minimum absolute atomic E-state index is 0.678. The van der Waals surface area contributed by atoms with Crippen LogP contribution < -0.4 is 0 Å². The third kappa shape index (κ3) is 1.47. The summed E-state index contributed by atoms with van der Waals surface area (Å²) in [6.45, 7) is 0. The second-order valence-corrected chi connectivity index (χ2v) is 2.24. The van der Waals surface area contributed by atoms with Crippen molar-refractivity contribution in [2.75, 3.05) is 0 Å². The van der Waals surface area contributed by atoms with Gasteiger partial charge in [-0.25, -0.2) is 0 Å². The fourth-order valence-corrected chi connectivity index (χ4v) is 0.744. The molecule has 0 atom stereocenters. The third-order valence-corrected chi connectivity index (χ3v) is 1.25. The normalized spacial score (nSPS) is 12.0. The van der Waals surface area contributed by atoms with Crippen LogP contribution in [0.5, 0.6) is 0 Å². The van der Waals surface area contributed by atoms with Gasteiger partial charge in [0.05, 0.1) is 5.56 Å². The number of alkyl halides is 3. The Morgan fingerprint density at radius 2 is 2.00 bits per heavy atom. The zero-order valence-electron chi connectivity index (χ0n) is 4.76. The van der Waals surface area contributed by atoms with Crippen LogP contribution in [0.15, 0.2) is 18.5 Å². The molecular formula is C5H4F3NS. The molecule has 0 spiro atoms. The van der Waals surface area contributed by atoms with Gasteiger partial charge in [0.25, 0.3) is 0 Å². The molecule has 0 amide bonds.